The minimum Gasteiger partial charge on any atom is -0.585 e. The molecule has 0 saturated carbocycles. The van der Waals surface area contributed by atoms with Crippen LogP contribution in [0.2, 0.25) is 0 Å². The lowest BCUT2D eigenvalue weighted by atomic mass is 10.0. The number of fused-ring (bicyclic) bond motifs is 1. The highest BCUT2D eigenvalue weighted by atomic mass is 32.2. The van der Waals surface area contributed by atoms with Crippen LogP contribution in [0.25, 0.3) is 0 Å². The van der Waals surface area contributed by atoms with Gasteiger partial charge in [-0.2, -0.15) is 4.89 Å². The Morgan fingerprint density at radius 1 is 1.23 bits per heavy atom. The first kappa shape index (κ1) is 58.6. The number of amides is 2. The van der Waals surface area contributed by atoms with E-state index in [9.17, 15) is 14.4 Å². The first-order valence-electron chi connectivity index (χ1n) is 20.8. The first-order valence-corrected chi connectivity index (χ1v) is 22.9. The predicted molar refractivity (Wildman–Crippen MR) is 266 cm³/mol. The number of aliphatic hydroxyl groups is 2. The Hall–Kier alpha value is -5.43. The van der Waals surface area contributed by atoms with Gasteiger partial charge in [-0.3, -0.25) is 24.9 Å². The number of aliphatic imine (C=N–C) groups is 1. The number of rotatable bonds is 18. The zero-order valence-electron chi connectivity index (χ0n) is 39.1. The summed E-state index contributed by atoms with van der Waals surface area (Å²) >= 11 is 2.91. The molecule has 1 fully saturated rings. The summed E-state index contributed by atoms with van der Waals surface area (Å²) in [5.74, 6) is -0.389. The highest BCUT2D eigenvalue weighted by Gasteiger charge is 2.53. The van der Waals surface area contributed by atoms with Crippen molar-refractivity contribution in [3.63, 3.8) is 0 Å². The fourth-order valence-electron chi connectivity index (χ4n) is 5.07. The molecule has 0 bridgehead atoms. The van der Waals surface area contributed by atoms with E-state index < -0.39 is 17.6 Å². The van der Waals surface area contributed by atoms with Crippen molar-refractivity contribution >= 4 is 72.0 Å². The Bertz CT molecular complexity index is 1860. The minimum atomic E-state index is -1.38. The van der Waals surface area contributed by atoms with E-state index in [1.54, 1.807) is 24.1 Å². The van der Waals surface area contributed by atoms with Crippen molar-refractivity contribution in [2.75, 3.05) is 37.7 Å². The van der Waals surface area contributed by atoms with E-state index in [0.717, 1.165) is 25.0 Å². The molecule has 354 valence electrons. The SMILES string of the molecule is C=NC(=C\SCN)/C(C)=N/OC(C)(C)C(=O)O.CCC1=C(C(=N)OOC)N2C(=O)[C@@H](NC=O)[C@H]2SC1.CCC=N.CCCCc1ccc(NC)cc1.C\C=C/C1=C/[OH+]C\C=C/C=C\1C. The van der Waals surface area contributed by atoms with E-state index in [2.05, 4.69) is 93.5 Å². The van der Waals surface area contributed by atoms with Crippen LogP contribution in [0.15, 0.2) is 105 Å². The Kier molecular flexibility index (Phi) is 31.2. The van der Waals surface area contributed by atoms with Crippen LogP contribution in [0.5, 0.6) is 0 Å². The number of β-lactam (4-membered cyclic amide) rings is 1. The molecule has 0 radical (unpaired) electrons. The van der Waals surface area contributed by atoms with Crippen molar-refractivity contribution in [3.05, 3.63) is 100.0 Å². The van der Waals surface area contributed by atoms with Crippen molar-refractivity contribution in [2.45, 2.75) is 105 Å². The summed E-state index contributed by atoms with van der Waals surface area (Å²) in [4.78, 5) is 52.7. The van der Waals surface area contributed by atoms with Gasteiger partial charge < -0.3 is 41.3 Å². The molecular weight excluding hydrogens is 857 g/mol. The molecule has 0 spiro atoms. The van der Waals surface area contributed by atoms with Gasteiger partial charge in [-0.05, 0) is 107 Å². The minimum absolute atomic E-state index is 0.177. The van der Waals surface area contributed by atoms with Gasteiger partial charge in [-0.1, -0.05) is 68.8 Å². The van der Waals surface area contributed by atoms with Crippen LogP contribution in [0.4, 0.5) is 5.69 Å². The smallest absolute Gasteiger partial charge is 0.350 e. The molecular formula is C46H71N8O8S2+. The molecule has 1 aromatic rings. The number of carbonyl (C=O) groups is 3. The van der Waals surface area contributed by atoms with E-state index in [-0.39, 0.29) is 17.2 Å². The maximum Gasteiger partial charge on any atom is 0.350 e. The van der Waals surface area contributed by atoms with E-state index in [4.69, 9.17) is 31.4 Å². The molecule has 3 aliphatic heterocycles. The summed E-state index contributed by atoms with van der Waals surface area (Å²) in [6, 6.07) is 8.13. The van der Waals surface area contributed by atoms with E-state index >= 15 is 0 Å². The number of aliphatic carboxylic acids is 1. The van der Waals surface area contributed by atoms with Crippen LogP contribution in [0, 0.1) is 10.8 Å². The molecule has 0 aromatic heterocycles. The van der Waals surface area contributed by atoms with Crippen molar-refractivity contribution in [1.29, 1.82) is 10.8 Å². The van der Waals surface area contributed by atoms with Crippen molar-refractivity contribution in [1.82, 2.24) is 10.2 Å². The average molecular weight is 928 g/mol. The van der Waals surface area contributed by atoms with Crippen LogP contribution in [-0.2, 0) is 35.4 Å². The molecule has 18 heteroatoms. The van der Waals surface area contributed by atoms with E-state index in [1.807, 2.05) is 46.2 Å². The summed E-state index contributed by atoms with van der Waals surface area (Å²) in [6.07, 6.45) is 19.5. The normalized spacial score (nSPS) is 18.9. The molecule has 16 nitrogen and oxygen atoms in total. The van der Waals surface area contributed by atoms with Crippen LogP contribution < -0.4 is 16.4 Å². The average Bonchev–Trinajstić information content (AvgIpc) is 3.29. The van der Waals surface area contributed by atoms with Crippen molar-refractivity contribution in [2.24, 2.45) is 15.9 Å². The number of anilines is 1. The van der Waals surface area contributed by atoms with E-state index in [0.29, 0.717) is 35.1 Å². The Balaban J connectivity index is 0.000000817. The van der Waals surface area contributed by atoms with Gasteiger partial charge >= 0.3 is 5.97 Å². The molecule has 1 aromatic carbocycles. The topological polar surface area (TPSA) is 238 Å². The molecule has 2 amide bonds. The molecule has 0 unspecified atom stereocenters. The molecule has 64 heavy (non-hydrogen) atoms. The lowest BCUT2D eigenvalue weighted by Gasteiger charge is -2.49. The third-order valence-electron chi connectivity index (χ3n) is 8.85. The van der Waals surface area contributed by atoms with Crippen LogP contribution in [0.3, 0.4) is 0 Å². The number of carboxylic acid groups (broad SMARTS) is 1. The number of thioether (sulfide) groups is 2. The molecule has 3 heterocycles. The van der Waals surface area contributed by atoms with Gasteiger partial charge in [0.05, 0.1) is 18.4 Å². The number of carboxylic acids is 1. The fraction of sp³-hybridized carbons (Fsp3) is 0.457. The second kappa shape index (κ2) is 34.0. The number of ether oxygens (including phenoxy) is 1. The Morgan fingerprint density at radius 2 is 1.91 bits per heavy atom. The summed E-state index contributed by atoms with van der Waals surface area (Å²) in [6.45, 7) is 18.9. The summed E-state index contributed by atoms with van der Waals surface area (Å²) in [7, 11) is 3.26. The van der Waals surface area contributed by atoms with Crippen molar-refractivity contribution in [3.8, 4) is 0 Å². The first-order chi connectivity index (χ1) is 30.6. The highest BCUT2D eigenvalue weighted by Crippen LogP contribution is 2.41. The monoisotopic (exact) mass is 927 g/mol. The van der Waals surface area contributed by atoms with Gasteiger partial charge in [0.25, 0.3) is 11.8 Å². The van der Waals surface area contributed by atoms with E-state index in [1.165, 1.54) is 85.5 Å². The van der Waals surface area contributed by atoms with Gasteiger partial charge in [-0.25, -0.2) is 4.79 Å². The zero-order valence-corrected chi connectivity index (χ0v) is 40.7. The quantitative estimate of drug-likeness (QED) is 0.0120. The summed E-state index contributed by atoms with van der Waals surface area (Å²) < 4.78 is 4.24. The second-order valence-electron chi connectivity index (χ2n) is 14.0. The number of oxime groups is 1. The highest BCUT2D eigenvalue weighted by molar-refractivity contribution is 8.02. The molecule has 3 aliphatic rings. The van der Waals surface area contributed by atoms with Gasteiger partial charge in [-0.15, -0.1) is 23.5 Å². The molecule has 2 atom stereocenters. The lowest BCUT2D eigenvalue weighted by molar-refractivity contribution is -0.196. The van der Waals surface area contributed by atoms with Crippen molar-refractivity contribution < 1.29 is 38.8 Å². The number of carbonyl (C=O) groups excluding carboxylic acids is 2. The van der Waals surface area contributed by atoms with Gasteiger partial charge in [0.1, 0.15) is 22.8 Å². The molecule has 8 N–H and O–H groups in total. The zero-order chi connectivity index (χ0) is 48.5. The number of hydrogen-bond donors (Lipinski definition) is 6. The summed E-state index contributed by atoms with van der Waals surface area (Å²) in [5.41, 5.74) is 11.4. The Morgan fingerprint density at radius 3 is 2.42 bits per heavy atom. The number of nitrogens with zero attached hydrogens (tertiary/aromatic N) is 3. The van der Waals surface area contributed by atoms with Crippen LogP contribution in [-0.4, -0.2) is 107 Å². The maximum absolute atomic E-state index is 12.0. The number of aryl methyl sites for hydroxylation is 1. The third kappa shape index (κ3) is 21.3. The van der Waals surface area contributed by atoms with Gasteiger partial charge in [0, 0.05) is 30.4 Å². The number of unbranched alkanes of at least 4 members (excludes halogenated alkanes) is 1. The number of hydrogen-bond acceptors (Lipinski definition) is 14. The summed E-state index contributed by atoms with van der Waals surface area (Å²) in [5, 5.41) is 33.8. The van der Waals surface area contributed by atoms with Gasteiger partial charge in [0.15, 0.2) is 6.61 Å². The third-order valence-corrected chi connectivity index (χ3v) is 10.8. The Labute approximate surface area is 388 Å². The second-order valence-corrected chi connectivity index (χ2v) is 16.0. The number of benzene rings is 1. The maximum atomic E-state index is 12.0. The number of nitrogens with two attached hydrogens (primary N) is 1. The van der Waals surface area contributed by atoms with Crippen LogP contribution in [0.1, 0.15) is 86.6 Å². The van der Waals surface area contributed by atoms with Gasteiger partial charge in [0.2, 0.25) is 18.3 Å². The molecule has 4 rings (SSSR count). The largest absolute Gasteiger partial charge is 0.585 e. The molecule has 1 saturated heterocycles. The lowest BCUT2D eigenvalue weighted by Crippen LogP contribution is -2.69. The molecule has 0 aliphatic carbocycles. The fourth-order valence-corrected chi connectivity index (χ4v) is 7.03. The van der Waals surface area contributed by atoms with Crippen LogP contribution >= 0.6 is 23.5 Å². The number of allylic oxidation sites excluding steroid dienone is 7. The standard InChI is InChI=1S/C11H15N3O4S.C11H17N.C11H14O.C10H17N3O3S.C3H7N/c1-3-6-4-19-11-7(13-5-15)10(16)14(11)8(6)9(12)18-17-2;1-3-4-5-10-6-8-11(12-2)9-7-10;1-3-6-11-9-12-8-5-4-7-10(11)2;1-7(8(12-4)5-17-6-11)13-16-10(2,3)9(14)15;1-2-3-4/h5,7,11-12H,3-4H2,1-2H3,(H,13,15);6-9,12H,3-5H2,1-2H3;3-7,9H,8H2,1-2H3;5H,4,6,11H2,1-3H3,(H,14,15);3-4H,2H2,1H3/p+1/b;;5-4-,6-3-,10-7-,11-9-;8-5-,13-7+;/t7-,11-;;;;/m1..../s1. The number of nitrogens with one attached hydrogen (secondary N) is 4. The predicted octanol–water partition coefficient (Wildman–Crippen LogP) is 8.28.